The lowest BCUT2D eigenvalue weighted by Crippen LogP contribution is -2.43. The van der Waals surface area contributed by atoms with Gasteiger partial charge in [0.25, 0.3) is 0 Å². The van der Waals surface area contributed by atoms with Crippen LogP contribution < -0.4 is 10.6 Å². The Labute approximate surface area is 164 Å². The number of benzene rings is 2. The minimum Gasteiger partial charge on any atom is -0.325 e. The summed E-state index contributed by atoms with van der Waals surface area (Å²) in [6, 6.07) is 11.4. The highest BCUT2D eigenvalue weighted by atomic mass is 35.5. The molecule has 0 saturated heterocycles. The van der Waals surface area contributed by atoms with E-state index in [0.717, 1.165) is 5.56 Å². The number of hydrogen-bond acceptors (Lipinski definition) is 3. The van der Waals surface area contributed by atoms with E-state index in [2.05, 4.69) is 15.7 Å². The SMILES string of the molecule is O=C1C[C@]2(C(=O)Nc3ccc(F)cc32)c2cnn(Cc3ccc(Cl)cc3)c2N1. The number of carbonyl (C=O) groups is 2. The van der Waals surface area contributed by atoms with E-state index in [0.29, 0.717) is 34.2 Å². The van der Waals surface area contributed by atoms with Gasteiger partial charge in [-0.3, -0.25) is 9.59 Å². The van der Waals surface area contributed by atoms with E-state index in [1.165, 1.54) is 18.2 Å². The van der Waals surface area contributed by atoms with Gasteiger partial charge in [-0.1, -0.05) is 23.7 Å². The van der Waals surface area contributed by atoms with Crippen LogP contribution in [0.2, 0.25) is 5.02 Å². The number of carbonyl (C=O) groups excluding carboxylic acids is 2. The number of halogens is 2. The van der Waals surface area contributed by atoms with Crippen molar-refractivity contribution in [2.75, 3.05) is 10.6 Å². The second-order valence-corrected chi connectivity index (χ2v) is 7.40. The molecular formula is C20H14ClFN4O2. The van der Waals surface area contributed by atoms with Crippen LogP contribution in [0.4, 0.5) is 15.9 Å². The Morgan fingerprint density at radius 3 is 2.68 bits per heavy atom. The van der Waals surface area contributed by atoms with Crippen molar-refractivity contribution in [2.45, 2.75) is 18.4 Å². The molecule has 0 bridgehead atoms. The second-order valence-electron chi connectivity index (χ2n) is 6.97. The summed E-state index contributed by atoms with van der Waals surface area (Å²) in [6.07, 6.45) is 1.47. The first-order chi connectivity index (χ1) is 13.5. The van der Waals surface area contributed by atoms with Crippen molar-refractivity contribution in [2.24, 2.45) is 0 Å². The summed E-state index contributed by atoms with van der Waals surface area (Å²) in [4.78, 5) is 25.5. The monoisotopic (exact) mass is 396 g/mol. The van der Waals surface area contributed by atoms with E-state index in [4.69, 9.17) is 11.6 Å². The fourth-order valence-electron chi connectivity index (χ4n) is 4.00. The van der Waals surface area contributed by atoms with Gasteiger partial charge in [0.15, 0.2) is 0 Å². The van der Waals surface area contributed by atoms with Gasteiger partial charge in [-0.15, -0.1) is 0 Å². The zero-order valence-electron chi connectivity index (χ0n) is 14.5. The fraction of sp³-hybridized carbons (Fsp3) is 0.150. The first kappa shape index (κ1) is 16.9. The third-order valence-electron chi connectivity index (χ3n) is 5.31. The standard InChI is InChI=1S/C20H14ClFN4O2/c21-12-3-1-11(2-4-12)10-26-18-15(9-23-26)20(8-17(27)25-18)14-7-13(22)5-6-16(14)24-19(20)28/h1-7,9H,8,10H2,(H,24,28)(H,25,27)/t20-/m1/s1. The van der Waals surface area contributed by atoms with E-state index < -0.39 is 11.2 Å². The van der Waals surface area contributed by atoms with Gasteiger partial charge in [-0.25, -0.2) is 9.07 Å². The van der Waals surface area contributed by atoms with Gasteiger partial charge in [0, 0.05) is 22.7 Å². The van der Waals surface area contributed by atoms with Crippen LogP contribution in [0.5, 0.6) is 0 Å². The summed E-state index contributed by atoms with van der Waals surface area (Å²) >= 11 is 5.93. The van der Waals surface area contributed by atoms with Gasteiger partial charge in [0.1, 0.15) is 17.1 Å². The molecule has 3 heterocycles. The Morgan fingerprint density at radius 2 is 1.89 bits per heavy atom. The van der Waals surface area contributed by atoms with Crippen LogP contribution in [0.25, 0.3) is 0 Å². The van der Waals surface area contributed by atoms with Crippen LogP contribution in [0.15, 0.2) is 48.7 Å². The zero-order chi connectivity index (χ0) is 19.5. The first-order valence-corrected chi connectivity index (χ1v) is 9.07. The molecule has 8 heteroatoms. The number of aromatic nitrogens is 2. The number of nitrogens with one attached hydrogen (secondary N) is 2. The molecule has 1 spiro atoms. The van der Waals surface area contributed by atoms with Crippen molar-refractivity contribution >= 4 is 34.9 Å². The maximum Gasteiger partial charge on any atom is 0.240 e. The first-order valence-electron chi connectivity index (χ1n) is 8.69. The van der Waals surface area contributed by atoms with Crippen molar-refractivity contribution in [3.8, 4) is 0 Å². The van der Waals surface area contributed by atoms with Gasteiger partial charge < -0.3 is 10.6 Å². The highest BCUT2D eigenvalue weighted by Gasteiger charge is 2.54. The molecule has 2 amide bonds. The molecule has 2 aliphatic heterocycles. The van der Waals surface area contributed by atoms with E-state index in [1.807, 2.05) is 12.1 Å². The molecule has 1 aromatic heterocycles. The molecule has 2 aliphatic rings. The molecule has 0 radical (unpaired) electrons. The van der Waals surface area contributed by atoms with Crippen molar-refractivity contribution in [1.82, 2.24) is 9.78 Å². The lowest BCUT2D eigenvalue weighted by Gasteiger charge is -2.31. The number of fused-ring (bicyclic) bond motifs is 4. The smallest absolute Gasteiger partial charge is 0.240 e. The molecule has 1 atom stereocenters. The lowest BCUT2D eigenvalue weighted by molar-refractivity contribution is -0.125. The molecule has 28 heavy (non-hydrogen) atoms. The molecule has 0 aliphatic carbocycles. The third kappa shape index (κ3) is 2.36. The van der Waals surface area contributed by atoms with Gasteiger partial charge >= 0.3 is 0 Å². The Morgan fingerprint density at radius 1 is 1.11 bits per heavy atom. The molecule has 2 aromatic carbocycles. The summed E-state index contributed by atoms with van der Waals surface area (Å²) < 4.78 is 15.6. The number of rotatable bonds is 2. The molecule has 2 N–H and O–H groups in total. The Hall–Kier alpha value is -3.19. The predicted octanol–water partition coefficient (Wildman–Crippen LogP) is 3.30. The molecule has 5 rings (SSSR count). The van der Waals surface area contributed by atoms with E-state index in [9.17, 15) is 14.0 Å². The highest BCUT2D eigenvalue weighted by Crippen LogP contribution is 2.49. The summed E-state index contributed by atoms with van der Waals surface area (Å²) in [5.74, 6) is -0.693. The molecule has 6 nitrogen and oxygen atoms in total. The van der Waals surface area contributed by atoms with Gasteiger partial charge in [0.2, 0.25) is 11.8 Å². The van der Waals surface area contributed by atoms with Gasteiger partial charge in [-0.05, 0) is 41.5 Å². The zero-order valence-corrected chi connectivity index (χ0v) is 15.3. The summed E-state index contributed by atoms with van der Waals surface area (Å²) in [5, 5.41) is 10.6. The fourth-order valence-corrected chi connectivity index (χ4v) is 4.12. The molecule has 140 valence electrons. The summed E-state index contributed by atoms with van der Waals surface area (Å²) in [5.41, 5.74) is 1.18. The minimum absolute atomic E-state index is 0.102. The van der Waals surface area contributed by atoms with Crippen molar-refractivity contribution < 1.29 is 14.0 Å². The van der Waals surface area contributed by atoms with Crippen LogP contribution >= 0.6 is 11.6 Å². The Balaban J connectivity index is 1.65. The van der Waals surface area contributed by atoms with Crippen LogP contribution in [0.3, 0.4) is 0 Å². The summed E-state index contributed by atoms with van der Waals surface area (Å²) in [7, 11) is 0. The van der Waals surface area contributed by atoms with Crippen molar-refractivity contribution in [3.63, 3.8) is 0 Å². The maximum absolute atomic E-state index is 14.0. The van der Waals surface area contributed by atoms with Crippen molar-refractivity contribution in [1.29, 1.82) is 0 Å². The topological polar surface area (TPSA) is 76.0 Å². The Bertz CT molecular complexity index is 1140. The number of amides is 2. The van der Waals surface area contributed by atoms with E-state index in [1.54, 1.807) is 23.0 Å². The van der Waals surface area contributed by atoms with Crippen LogP contribution in [0, 0.1) is 5.82 Å². The van der Waals surface area contributed by atoms with Crippen LogP contribution in [-0.4, -0.2) is 21.6 Å². The van der Waals surface area contributed by atoms with Crippen LogP contribution in [0.1, 0.15) is 23.1 Å². The van der Waals surface area contributed by atoms with Crippen molar-refractivity contribution in [3.05, 3.63) is 76.2 Å². The maximum atomic E-state index is 14.0. The Kier molecular flexibility index (Phi) is 3.57. The second kappa shape index (κ2) is 5.90. The predicted molar refractivity (Wildman–Crippen MR) is 102 cm³/mol. The average molecular weight is 397 g/mol. The molecule has 0 fully saturated rings. The molecule has 0 saturated carbocycles. The van der Waals surface area contributed by atoms with Crippen LogP contribution in [-0.2, 0) is 21.5 Å². The molecule has 3 aromatic rings. The normalized spacial score (nSPS) is 19.9. The van der Waals surface area contributed by atoms with Gasteiger partial charge in [0.05, 0.1) is 12.7 Å². The third-order valence-corrected chi connectivity index (χ3v) is 5.56. The largest absolute Gasteiger partial charge is 0.325 e. The molecule has 0 unspecified atom stereocenters. The number of hydrogen-bond donors (Lipinski definition) is 2. The highest BCUT2D eigenvalue weighted by molar-refractivity contribution is 6.30. The summed E-state index contributed by atoms with van der Waals surface area (Å²) in [6.45, 7) is 0.389. The number of nitrogens with zero attached hydrogens (tertiary/aromatic N) is 2. The molecular weight excluding hydrogens is 383 g/mol. The quantitative estimate of drug-likeness (QED) is 0.697. The van der Waals surface area contributed by atoms with E-state index in [-0.39, 0.29) is 18.2 Å². The van der Waals surface area contributed by atoms with Gasteiger partial charge in [-0.2, -0.15) is 5.10 Å². The number of anilines is 2. The minimum atomic E-state index is -1.28. The van der Waals surface area contributed by atoms with E-state index >= 15 is 0 Å². The lowest BCUT2D eigenvalue weighted by atomic mass is 9.72. The average Bonchev–Trinajstić information content (AvgIpc) is 3.18.